The zero-order chi connectivity index (χ0) is 21.6. The Morgan fingerprint density at radius 2 is 1.20 bits per heavy atom. The largest absolute Gasteiger partial charge is 0.478 e. The van der Waals surface area contributed by atoms with Crippen LogP contribution in [-0.2, 0) is 6.42 Å². The van der Waals surface area contributed by atoms with E-state index < -0.39 is 11.9 Å². The van der Waals surface area contributed by atoms with E-state index >= 15 is 0 Å². The molecule has 0 unspecified atom stereocenters. The van der Waals surface area contributed by atoms with Gasteiger partial charge in [0.15, 0.2) is 0 Å². The summed E-state index contributed by atoms with van der Waals surface area (Å²) in [4.78, 5) is 23.2. The first-order valence-corrected chi connectivity index (χ1v) is 12.8. The fourth-order valence-corrected chi connectivity index (χ4v) is 5.64. The first-order chi connectivity index (χ1) is 14.6. The molecule has 6 heteroatoms. The van der Waals surface area contributed by atoms with Crippen LogP contribution in [0.4, 0.5) is 0 Å². The summed E-state index contributed by atoms with van der Waals surface area (Å²) in [5.41, 5.74) is 1.74. The van der Waals surface area contributed by atoms with Crippen LogP contribution < -0.4 is 0 Å². The van der Waals surface area contributed by atoms with Crippen molar-refractivity contribution in [3.8, 4) is 0 Å². The number of carbonyl (C=O) groups is 2. The molecule has 0 spiro atoms. The molecule has 30 heavy (non-hydrogen) atoms. The van der Waals surface area contributed by atoms with Crippen molar-refractivity contribution in [2.75, 3.05) is 5.75 Å². The fraction of sp³-hybridized carbons (Fsp3) is 0.417. The van der Waals surface area contributed by atoms with Gasteiger partial charge in [0.25, 0.3) is 0 Å². The molecule has 0 aliphatic carbocycles. The minimum absolute atomic E-state index is 0.376. The van der Waals surface area contributed by atoms with Gasteiger partial charge in [0.05, 0.1) is 11.1 Å². The normalized spacial score (nSPS) is 10.8. The van der Waals surface area contributed by atoms with E-state index in [9.17, 15) is 19.8 Å². The molecule has 0 amide bonds. The van der Waals surface area contributed by atoms with Crippen LogP contribution in [0.3, 0.4) is 0 Å². The van der Waals surface area contributed by atoms with Gasteiger partial charge in [0, 0.05) is 10.6 Å². The van der Waals surface area contributed by atoms with E-state index in [1.165, 1.54) is 32.1 Å². The quantitative estimate of drug-likeness (QED) is 0.223. The van der Waals surface area contributed by atoms with Gasteiger partial charge < -0.3 is 10.2 Å². The smallest absolute Gasteiger partial charge is 0.336 e. The lowest BCUT2D eigenvalue weighted by atomic mass is 10.0. The summed E-state index contributed by atoms with van der Waals surface area (Å²) < 4.78 is 0. The van der Waals surface area contributed by atoms with Crippen LogP contribution in [0.1, 0.15) is 77.6 Å². The van der Waals surface area contributed by atoms with Crippen molar-refractivity contribution in [3.05, 3.63) is 65.2 Å². The van der Waals surface area contributed by atoms with Gasteiger partial charge in [0.2, 0.25) is 0 Å². The maximum atomic E-state index is 11.2. The van der Waals surface area contributed by atoms with Crippen LogP contribution in [0.2, 0.25) is 0 Å². The summed E-state index contributed by atoms with van der Waals surface area (Å²) in [5.74, 6) is -0.681. The Morgan fingerprint density at radius 1 is 0.667 bits per heavy atom. The van der Waals surface area contributed by atoms with E-state index in [4.69, 9.17) is 0 Å². The van der Waals surface area contributed by atoms with E-state index in [2.05, 4.69) is 0 Å². The molecule has 0 heterocycles. The molecule has 0 saturated carbocycles. The average Bonchev–Trinajstić information content (AvgIpc) is 2.74. The minimum atomic E-state index is -0.871. The van der Waals surface area contributed by atoms with Crippen molar-refractivity contribution in [2.45, 2.75) is 62.7 Å². The number of hydrogen-bond donors (Lipinski definition) is 2. The molecule has 0 fully saturated rings. The predicted octanol–water partition coefficient (Wildman–Crippen LogP) is 7.19. The third kappa shape index (κ3) is 8.84. The van der Waals surface area contributed by atoms with Crippen LogP contribution in [-0.4, -0.2) is 27.9 Å². The van der Waals surface area contributed by atoms with E-state index in [0.29, 0.717) is 11.1 Å². The Morgan fingerprint density at radius 3 is 1.87 bits per heavy atom. The van der Waals surface area contributed by atoms with Gasteiger partial charge in [-0.1, -0.05) is 90.4 Å². The Hall–Kier alpha value is -1.92. The molecule has 2 N–H and O–H groups in total. The average molecular weight is 447 g/mol. The molecule has 2 aromatic carbocycles. The standard InChI is InChI=1S/C24H30O4S2/c25-23(26)20-15-9-8-14-19(20)13-7-5-3-1-2-4-6-12-18-29-30-22-17-11-10-16-21(22)24(27)28/h8-11,14-17H,1-7,12-13,18H2,(H,25,26)(H,27,28). The minimum Gasteiger partial charge on any atom is -0.478 e. The van der Waals surface area contributed by atoms with E-state index in [-0.39, 0.29) is 0 Å². The lowest BCUT2D eigenvalue weighted by Gasteiger charge is -2.06. The summed E-state index contributed by atoms with van der Waals surface area (Å²) in [6.45, 7) is 0. The summed E-state index contributed by atoms with van der Waals surface area (Å²) in [5, 5.41) is 18.4. The second kappa shape index (κ2) is 14.1. The fourth-order valence-electron chi connectivity index (χ4n) is 3.31. The lowest BCUT2D eigenvalue weighted by molar-refractivity contribution is 0.0683. The highest BCUT2D eigenvalue weighted by Gasteiger charge is 2.09. The summed E-state index contributed by atoms with van der Waals surface area (Å²) in [6.07, 6.45) is 10.3. The monoisotopic (exact) mass is 446 g/mol. The van der Waals surface area contributed by atoms with Crippen molar-refractivity contribution in [1.29, 1.82) is 0 Å². The topological polar surface area (TPSA) is 74.6 Å². The first-order valence-electron chi connectivity index (χ1n) is 10.5. The predicted molar refractivity (Wildman–Crippen MR) is 126 cm³/mol. The Balaban J connectivity index is 1.46. The molecule has 2 aromatic rings. The van der Waals surface area contributed by atoms with Crippen LogP contribution in [0.15, 0.2) is 53.4 Å². The van der Waals surface area contributed by atoms with Crippen molar-refractivity contribution in [3.63, 3.8) is 0 Å². The molecule has 162 valence electrons. The summed E-state index contributed by atoms with van der Waals surface area (Å²) in [7, 11) is 3.28. The highest BCUT2D eigenvalue weighted by atomic mass is 33.1. The number of hydrogen-bond acceptors (Lipinski definition) is 4. The highest BCUT2D eigenvalue weighted by molar-refractivity contribution is 8.76. The Bertz CT molecular complexity index is 740. The number of benzene rings is 2. The molecule has 0 saturated heterocycles. The Kier molecular flexibility index (Phi) is 11.5. The molecular weight excluding hydrogens is 416 g/mol. The van der Waals surface area contributed by atoms with Gasteiger partial charge in [-0.3, -0.25) is 0 Å². The Labute approximate surface area is 186 Å². The molecule has 4 nitrogen and oxygen atoms in total. The van der Waals surface area contributed by atoms with Crippen molar-refractivity contribution < 1.29 is 19.8 Å². The van der Waals surface area contributed by atoms with Crippen molar-refractivity contribution in [1.82, 2.24) is 0 Å². The van der Waals surface area contributed by atoms with Gasteiger partial charge in [-0.05, 0) is 43.0 Å². The van der Waals surface area contributed by atoms with Crippen molar-refractivity contribution >= 4 is 33.5 Å². The van der Waals surface area contributed by atoms with Gasteiger partial charge in [-0.25, -0.2) is 9.59 Å². The highest BCUT2D eigenvalue weighted by Crippen LogP contribution is 2.34. The zero-order valence-corrected chi connectivity index (χ0v) is 18.9. The van der Waals surface area contributed by atoms with Gasteiger partial charge in [-0.2, -0.15) is 0 Å². The number of carboxylic acid groups (broad SMARTS) is 2. The number of carboxylic acids is 2. The van der Waals surface area contributed by atoms with Crippen LogP contribution in [0, 0.1) is 0 Å². The second-order valence-corrected chi connectivity index (χ2v) is 9.70. The number of aryl methyl sites for hydroxylation is 1. The molecule has 0 aromatic heterocycles. The zero-order valence-electron chi connectivity index (χ0n) is 17.2. The molecule has 0 aliphatic rings. The molecule has 0 atom stereocenters. The van der Waals surface area contributed by atoms with E-state index in [1.807, 2.05) is 24.3 Å². The van der Waals surface area contributed by atoms with Crippen molar-refractivity contribution in [2.24, 2.45) is 0 Å². The van der Waals surface area contributed by atoms with Crippen LogP contribution in [0.25, 0.3) is 0 Å². The number of unbranched alkanes of at least 4 members (excludes halogenated alkanes) is 7. The van der Waals surface area contributed by atoms with E-state index in [0.717, 1.165) is 41.9 Å². The third-order valence-electron chi connectivity index (χ3n) is 4.94. The van der Waals surface area contributed by atoms with Crippen LogP contribution in [0.5, 0.6) is 0 Å². The first kappa shape index (κ1) is 24.4. The molecular formula is C24H30O4S2. The maximum Gasteiger partial charge on any atom is 0.336 e. The third-order valence-corrected chi connectivity index (χ3v) is 7.44. The van der Waals surface area contributed by atoms with Gasteiger partial charge in [0.1, 0.15) is 0 Å². The second-order valence-electron chi connectivity index (χ2n) is 7.25. The number of aromatic carboxylic acids is 2. The molecule has 0 aliphatic heterocycles. The molecule has 0 radical (unpaired) electrons. The molecule has 2 rings (SSSR count). The summed E-state index contributed by atoms with van der Waals surface area (Å²) in [6, 6.07) is 14.4. The van der Waals surface area contributed by atoms with Crippen LogP contribution >= 0.6 is 21.6 Å². The van der Waals surface area contributed by atoms with Gasteiger partial charge >= 0.3 is 11.9 Å². The molecule has 0 bridgehead atoms. The van der Waals surface area contributed by atoms with E-state index in [1.54, 1.807) is 45.9 Å². The lowest BCUT2D eigenvalue weighted by Crippen LogP contribution is -2.02. The van der Waals surface area contributed by atoms with Gasteiger partial charge in [-0.15, -0.1) is 0 Å². The number of rotatable bonds is 15. The maximum absolute atomic E-state index is 11.2. The summed E-state index contributed by atoms with van der Waals surface area (Å²) >= 11 is 0. The SMILES string of the molecule is O=C(O)c1ccccc1CCCCCCCCCCSSc1ccccc1C(=O)O.